The summed E-state index contributed by atoms with van der Waals surface area (Å²) in [5.74, 6) is 1.82. The largest absolute Gasteiger partial charge is 0.342 e. The molecule has 9 heteroatoms. The van der Waals surface area contributed by atoms with Gasteiger partial charge in [0.05, 0.1) is 6.54 Å². The number of allylic oxidation sites excluding steroid dienone is 4. The molecule has 1 atom stereocenters. The Morgan fingerprint density at radius 2 is 1.97 bits per heavy atom. The van der Waals surface area contributed by atoms with Crippen molar-refractivity contribution in [2.75, 3.05) is 26.2 Å². The predicted molar refractivity (Wildman–Crippen MR) is 141 cm³/mol. The lowest BCUT2D eigenvalue weighted by atomic mass is 10.0. The van der Waals surface area contributed by atoms with Gasteiger partial charge >= 0.3 is 0 Å². The number of pyridine rings is 1. The molecule has 1 N–H and O–H groups in total. The van der Waals surface area contributed by atoms with E-state index in [4.69, 9.17) is 0 Å². The van der Waals surface area contributed by atoms with Gasteiger partial charge in [0.1, 0.15) is 11.5 Å². The van der Waals surface area contributed by atoms with Gasteiger partial charge in [0.25, 0.3) is 5.91 Å². The molecular weight excluding hydrogens is 466 g/mol. The van der Waals surface area contributed by atoms with Crippen molar-refractivity contribution in [3.63, 3.8) is 0 Å². The molecule has 1 saturated heterocycles. The third kappa shape index (κ3) is 5.56. The Balaban J connectivity index is 1.17. The van der Waals surface area contributed by atoms with Crippen LogP contribution in [0.5, 0.6) is 0 Å². The molecule has 2 aromatic rings. The summed E-state index contributed by atoms with van der Waals surface area (Å²) >= 11 is 0. The summed E-state index contributed by atoms with van der Waals surface area (Å²) in [6.07, 6.45) is 12.4. The van der Waals surface area contributed by atoms with Gasteiger partial charge in [-0.2, -0.15) is 0 Å². The normalized spacial score (nSPS) is 19.8. The molecule has 1 unspecified atom stereocenters. The van der Waals surface area contributed by atoms with Gasteiger partial charge < -0.3 is 14.8 Å². The first-order chi connectivity index (χ1) is 17.9. The number of aromatic nitrogens is 4. The van der Waals surface area contributed by atoms with E-state index in [1.807, 2.05) is 30.0 Å². The number of hydrogen-bond donors (Lipinski definition) is 1. The lowest BCUT2D eigenvalue weighted by Crippen LogP contribution is -2.41. The van der Waals surface area contributed by atoms with Crippen LogP contribution >= 0.6 is 0 Å². The van der Waals surface area contributed by atoms with E-state index in [-0.39, 0.29) is 11.8 Å². The number of carbonyl (C=O) groups excluding carboxylic acids is 2. The molecule has 194 valence electrons. The van der Waals surface area contributed by atoms with Crippen molar-refractivity contribution < 1.29 is 9.59 Å². The van der Waals surface area contributed by atoms with E-state index < -0.39 is 0 Å². The number of amides is 2. The van der Waals surface area contributed by atoms with Gasteiger partial charge in [0.15, 0.2) is 5.82 Å². The number of nitrogens with one attached hydrogen (secondary N) is 1. The van der Waals surface area contributed by atoms with E-state index in [0.717, 1.165) is 80.1 Å². The van der Waals surface area contributed by atoms with E-state index >= 15 is 0 Å². The van der Waals surface area contributed by atoms with Crippen LogP contribution < -0.4 is 5.32 Å². The zero-order valence-corrected chi connectivity index (χ0v) is 21.7. The highest BCUT2D eigenvalue weighted by molar-refractivity contribution is 5.93. The minimum atomic E-state index is -0.299. The quantitative estimate of drug-likeness (QED) is 0.586. The van der Waals surface area contributed by atoms with Gasteiger partial charge in [0.2, 0.25) is 5.91 Å². The number of hydrogen-bond acceptors (Lipinski definition) is 6. The Kier molecular flexibility index (Phi) is 7.32. The van der Waals surface area contributed by atoms with Gasteiger partial charge in [-0.15, -0.1) is 10.2 Å². The average Bonchev–Trinajstić information content (AvgIpc) is 3.63. The summed E-state index contributed by atoms with van der Waals surface area (Å²) in [7, 11) is 0. The van der Waals surface area contributed by atoms with Crippen molar-refractivity contribution in [3.8, 4) is 0 Å². The molecule has 0 saturated carbocycles. The van der Waals surface area contributed by atoms with Crippen LogP contribution in [0, 0.1) is 0 Å². The number of likely N-dealkylation sites (tertiary alicyclic amines) is 1. The molecule has 5 rings (SSSR count). The van der Waals surface area contributed by atoms with Crippen molar-refractivity contribution in [2.45, 2.75) is 58.5 Å². The molecule has 2 amide bonds. The fourth-order valence-electron chi connectivity index (χ4n) is 5.34. The second kappa shape index (κ2) is 10.8. The fourth-order valence-corrected chi connectivity index (χ4v) is 5.34. The molecule has 0 aliphatic carbocycles. The molecule has 37 heavy (non-hydrogen) atoms. The van der Waals surface area contributed by atoms with Gasteiger partial charge in [0, 0.05) is 50.5 Å². The minimum absolute atomic E-state index is 0.197. The third-order valence-electron chi connectivity index (χ3n) is 7.49. The second-order valence-electron chi connectivity index (χ2n) is 10.3. The van der Waals surface area contributed by atoms with Gasteiger partial charge in [-0.1, -0.05) is 18.7 Å². The predicted octanol–water partition coefficient (Wildman–Crippen LogP) is 3.06. The first kappa shape index (κ1) is 25.1. The van der Waals surface area contributed by atoms with Gasteiger partial charge in [-0.05, 0) is 68.4 Å². The Labute approximate surface area is 218 Å². The van der Waals surface area contributed by atoms with Gasteiger partial charge in [-0.3, -0.25) is 19.5 Å². The number of nitrogens with zero attached hydrogens (tertiary/aromatic N) is 6. The zero-order chi connectivity index (χ0) is 25.9. The Morgan fingerprint density at radius 1 is 1.16 bits per heavy atom. The fraction of sp³-hybridized carbons (Fsp3) is 0.464. The first-order valence-electron chi connectivity index (χ1n) is 13.2. The molecule has 0 spiro atoms. The molecule has 3 aliphatic heterocycles. The van der Waals surface area contributed by atoms with Crippen LogP contribution in [0.15, 0.2) is 42.8 Å². The average molecular weight is 502 g/mol. The molecular formula is C28H35N7O2. The standard InChI is InChI=1S/C28H35N7O2/c1-19(27-32-31-25-10-9-21(3)35(25)27)7-6-8-20(2)30-28(37)24-15-23-17-33(14-11-22(23)16-29-24)18-26(36)34-12-4-5-13-34/h6-8,15-16,21H,2,4-5,9-14,17-18H2,1,3H3,(H,30,37)/b8-6-,19-7+. The van der Waals surface area contributed by atoms with E-state index in [2.05, 4.69) is 43.5 Å². The summed E-state index contributed by atoms with van der Waals surface area (Å²) in [6.45, 7) is 11.8. The maximum absolute atomic E-state index is 12.8. The van der Waals surface area contributed by atoms with E-state index in [1.54, 1.807) is 12.3 Å². The molecule has 0 aromatic carbocycles. The van der Waals surface area contributed by atoms with Crippen LogP contribution in [0.4, 0.5) is 0 Å². The van der Waals surface area contributed by atoms with E-state index in [1.165, 1.54) is 0 Å². The maximum Gasteiger partial charge on any atom is 0.274 e. The summed E-state index contributed by atoms with van der Waals surface area (Å²) in [4.78, 5) is 33.9. The van der Waals surface area contributed by atoms with Gasteiger partial charge in [-0.25, -0.2) is 0 Å². The summed E-state index contributed by atoms with van der Waals surface area (Å²) < 4.78 is 2.20. The topological polar surface area (TPSA) is 96.2 Å². The molecule has 5 heterocycles. The zero-order valence-electron chi connectivity index (χ0n) is 21.7. The Morgan fingerprint density at radius 3 is 2.78 bits per heavy atom. The lowest BCUT2D eigenvalue weighted by Gasteiger charge is -2.29. The van der Waals surface area contributed by atoms with Crippen LogP contribution in [0.25, 0.3) is 5.57 Å². The molecule has 0 bridgehead atoms. The number of fused-ring (bicyclic) bond motifs is 2. The Bertz CT molecular complexity index is 1270. The van der Waals surface area contributed by atoms with Crippen molar-refractivity contribution in [1.29, 1.82) is 0 Å². The van der Waals surface area contributed by atoms with Crippen LogP contribution in [0.1, 0.15) is 72.4 Å². The highest BCUT2D eigenvalue weighted by Crippen LogP contribution is 2.28. The van der Waals surface area contributed by atoms with Crippen LogP contribution in [0.2, 0.25) is 0 Å². The van der Waals surface area contributed by atoms with Crippen LogP contribution in [-0.2, 0) is 24.2 Å². The maximum atomic E-state index is 12.8. The molecule has 0 radical (unpaired) electrons. The first-order valence-corrected chi connectivity index (χ1v) is 13.2. The van der Waals surface area contributed by atoms with Crippen LogP contribution in [-0.4, -0.2) is 67.5 Å². The summed E-state index contributed by atoms with van der Waals surface area (Å²) in [5.41, 5.74) is 4.02. The van der Waals surface area contributed by atoms with Crippen molar-refractivity contribution in [2.24, 2.45) is 0 Å². The van der Waals surface area contributed by atoms with E-state index in [0.29, 0.717) is 30.5 Å². The van der Waals surface area contributed by atoms with E-state index in [9.17, 15) is 9.59 Å². The molecule has 3 aliphatic rings. The molecule has 9 nitrogen and oxygen atoms in total. The third-order valence-corrected chi connectivity index (χ3v) is 7.49. The monoisotopic (exact) mass is 501 g/mol. The van der Waals surface area contributed by atoms with Crippen LogP contribution in [0.3, 0.4) is 0 Å². The molecule has 1 fully saturated rings. The van der Waals surface area contributed by atoms with Crippen molar-refractivity contribution >= 4 is 17.4 Å². The highest BCUT2D eigenvalue weighted by Gasteiger charge is 2.25. The number of aryl methyl sites for hydroxylation is 1. The minimum Gasteiger partial charge on any atom is -0.342 e. The highest BCUT2D eigenvalue weighted by atomic mass is 16.2. The molecule has 2 aromatic heterocycles. The SMILES string of the molecule is C=C(/C=C\C=C(/C)c1nnc2n1C(C)CC2)NC(=O)c1cc2c(cn1)CCN(CC(=O)N1CCCC1)C2. The Hall–Kier alpha value is -3.59. The summed E-state index contributed by atoms with van der Waals surface area (Å²) in [5, 5.41) is 11.5. The second-order valence-corrected chi connectivity index (χ2v) is 10.3. The van der Waals surface area contributed by atoms with Crippen molar-refractivity contribution in [1.82, 2.24) is 34.9 Å². The summed E-state index contributed by atoms with van der Waals surface area (Å²) in [6, 6.07) is 2.24. The number of rotatable bonds is 7. The smallest absolute Gasteiger partial charge is 0.274 e. The van der Waals surface area contributed by atoms with Crippen molar-refractivity contribution in [3.05, 3.63) is 71.2 Å². The lowest BCUT2D eigenvalue weighted by molar-refractivity contribution is -0.131. The number of carbonyl (C=O) groups is 2.